The van der Waals surface area contributed by atoms with E-state index < -0.39 is 102 Å². The number of rotatable bonds is 38. The van der Waals surface area contributed by atoms with E-state index in [0.29, 0.717) is 91.7 Å². The Labute approximate surface area is 799 Å². The van der Waals surface area contributed by atoms with Crippen LogP contribution in [0.3, 0.4) is 0 Å². The molecule has 7 aromatic heterocycles. The Bertz CT molecular complexity index is 5650. The summed E-state index contributed by atoms with van der Waals surface area (Å²) in [5.41, 5.74) is 21.5. The molecule has 7 heterocycles. The van der Waals surface area contributed by atoms with Crippen LogP contribution in [0.5, 0.6) is 0 Å². The molecule has 3 aromatic carbocycles. The van der Waals surface area contributed by atoms with Crippen LogP contribution in [0.2, 0.25) is 0 Å². The predicted octanol–water partition coefficient (Wildman–Crippen LogP) is 4.64. The van der Waals surface area contributed by atoms with E-state index in [-0.39, 0.29) is 93.7 Å². The van der Waals surface area contributed by atoms with Gasteiger partial charge in [-0.1, -0.05) is 78.9 Å². The molecule has 0 aliphatic heterocycles. The molecule has 7 atom stereocenters. The second-order valence-electron chi connectivity index (χ2n) is 27.8. The van der Waals surface area contributed by atoms with Crippen LogP contribution in [0, 0.1) is 0 Å². The van der Waals surface area contributed by atoms with E-state index in [0.717, 1.165) is 82.3 Å². The number of carbonyl (C=O) groups is 17. The first-order chi connectivity index (χ1) is 63.8. The summed E-state index contributed by atoms with van der Waals surface area (Å²) < 4.78 is 1.68. The quantitative estimate of drug-likeness (QED) is 0.0234. The van der Waals surface area contributed by atoms with E-state index in [1.165, 1.54) is 85.8 Å². The highest BCUT2D eigenvalue weighted by Gasteiger charge is 2.30. The molecule has 0 saturated carbocycles. The van der Waals surface area contributed by atoms with Crippen LogP contribution in [0.1, 0.15) is 119 Å². The van der Waals surface area contributed by atoms with Crippen LogP contribution >= 0.6 is 82.3 Å². The standard InChI is InChI=1S/C15H15N3O4S.C15H17N3O3S.C13H13N3O3S.C11H16N4O4S.C10H13N3O4S.2C9H13N3O3S/c1-9(19)23-14-11(16-8-17-14)7-12(15(21)22)18-13(20)10-5-3-2-4-6-10;1-18(2)12(14(19)20)8-11-13(17-9-16-11)22-15(21)10-6-4-3-5-7-10;14-9(12(17)18)6-10-11(16-7-15-10)20-13(19)8-4-2-1-3-5-8;1-6(16)20-10-7(13-5-14-10)4-8(11(18)19)15-9(17)2-3-12;1-5(14)13-8(10(16)17)3-7-9(12-4-11-7)18-6(2)15;1-5(13)16-8-7(11-4-12(8)2)3-6(10)9(14)15;1-5(13)16-8-6(11-4-12-8)3-7(10-2)9(14)15/h2-6,8,12H,7H2,1H3,(H,16,17)(H,18,20)(H,21,22);3-7,9,12H,8H2,1-2H3,(H,16,17)(H,19,20);1-5,7,9H,6,14H2,(H,15,16)(H,17,18);5,8H,2-4,12H2,1H3,(H,13,14)(H,15,17)(H,18,19);4,8H,3H2,1-2H3,(H,11,12)(H,13,14)(H,16,17);4,6H,3,10H2,1-2H3,(H,14,15);4,7,10H,3H2,1-2H3,(H,11,12)(H,14,15)/t2*12-;9-;2*8-;6-;7-/m0000000/s1. The molecule has 10 aromatic rings. The van der Waals surface area contributed by atoms with Gasteiger partial charge in [0.25, 0.3) is 5.91 Å². The number of nitrogens with zero attached hydrogens (tertiary/aromatic N) is 9. The lowest BCUT2D eigenvalue weighted by molar-refractivity contribution is -0.142. The van der Waals surface area contributed by atoms with E-state index in [4.69, 9.17) is 42.7 Å². The summed E-state index contributed by atoms with van der Waals surface area (Å²) in [4.78, 5) is 237. The van der Waals surface area contributed by atoms with Gasteiger partial charge in [0.15, 0.2) is 25.6 Å². The number of likely N-dealkylation sites (N-methyl/N-ethyl adjacent to an activating group) is 2. The van der Waals surface area contributed by atoms with E-state index in [2.05, 4.69) is 86.1 Å². The molecule has 0 aliphatic carbocycles. The minimum atomic E-state index is -1.16. The van der Waals surface area contributed by atoms with Crippen molar-refractivity contribution in [2.24, 2.45) is 24.2 Å². The number of carbonyl (C=O) groups excluding carboxylic acids is 10. The third-order valence-corrected chi connectivity index (χ3v) is 23.3. The number of benzene rings is 3. The second kappa shape index (κ2) is 59.4. The third kappa shape index (κ3) is 42.3. The summed E-state index contributed by atoms with van der Waals surface area (Å²) in [5, 5.41) is 75.4. The van der Waals surface area contributed by atoms with Crippen molar-refractivity contribution in [1.82, 2.24) is 95.5 Å². The lowest BCUT2D eigenvalue weighted by Crippen LogP contribution is -2.43. The molecule has 0 fully saturated rings. The van der Waals surface area contributed by atoms with Gasteiger partial charge in [0.05, 0.1) is 84.1 Å². The number of carboxylic acids is 7. The number of aryl methyl sites for hydroxylation is 1. The third-order valence-electron chi connectivity index (χ3n) is 17.0. The molecule has 0 spiro atoms. The first-order valence-corrected chi connectivity index (χ1v) is 45.2. The summed E-state index contributed by atoms with van der Waals surface area (Å²) in [6, 6.07) is 19.4. The molecule has 10 rings (SSSR count). The zero-order valence-corrected chi connectivity index (χ0v) is 79.5. The van der Waals surface area contributed by atoms with Crippen LogP contribution in [0.25, 0.3) is 0 Å². The summed E-state index contributed by atoms with van der Waals surface area (Å²) in [5.74, 6) is -8.82. The molecule has 0 bridgehead atoms. The molecule has 3 amide bonds. The summed E-state index contributed by atoms with van der Waals surface area (Å²) >= 11 is 6.71. The van der Waals surface area contributed by atoms with Gasteiger partial charge in [-0.3, -0.25) is 72.0 Å². The smallest absolute Gasteiger partial charge is 0.326 e. The average Bonchev–Trinajstić information content (AvgIpc) is 1.66. The number of aromatic amines is 6. The number of aromatic nitrogens is 14. The van der Waals surface area contributed by atoms with Gasteiger partial charge in [0.1, 0.15) is 77.5 Å². The zero-order chi connectivity index (χ0) is 101. The van der Waals surface area contributed by atoms with Crippen molar-refractivity contribution < 1.29 is 117 Å². The molecule has 724 valence electrons. The highest BCUT2D eigenvalue weighted by molar-refractivity contribution is 8.15. The maximum atomic E-state index is 12.2. The SMILES string of the molecule is CC(=O)N[C@@H](Cc1[nH]cnc1SC(C)=O)C(=O)O.CC(=O)Sc1c(C[C@H](N)C(=O)O)ncn1C.CC(=O)Sc1nc[nH]c1C[C@H](NC(=O)CCN)C(=O)O.CC(=O)Sc1nc[nH]c1C[C@H](NC(=O)c1ccccc1)C(=O)O.CN(C)[C@@H](Cc1[nH]cnc1SC(=O)c1ccccc1)C(=O)O.CN[C@@H](Cc1[nH]cnc1SC(C)=O)C(=O)O.N[C@@H](Cc1[nH]cnc1SC(=O)c1ccccc1)C(=O)O. The number of amides is 3. The van der Waals surface area contributed by atoms with Crippen molar-refractivity contribution in [3.63, 3.8) is 0 Å². The van der Waals surface area contributed by atoms with E-state index in [1.54, 1.807) is 117 Å². The van der Waals surface area contributed by atoms with Crippen molar-refractivity contribution >= 4 is 178 Å². The predicted molar refractivity (Wildman–Crippen MR) is 497 cm³/mol. The Hall–Kier alpha value is -13.2. The van der Waals surface area contributed by atoms with Gasteiger partial charge in [-0.2, -0.15) is 0 Å². The summed E-state index contributed by atoms with van der Waals surface area (Å²) in [6.07, 6.45) is 10.9. The van der Waals surface area contributed by atoms with E-state index in [1.807, 2.05) is 12.1 Å². The number of carboxylic acid groups (broad SMARTS) is 7. The van der Waals surface area contributed by atoms with Crippen LogP contribution < -0.4 is 38.5 Å². The molecule has 0 saturated heterocycles. The second-order valence-corrected chi connectivity index (χ2v) is 35.6. The fourth-order valence-corrected chi connectivity index (χ4v) is 15.5. The van der Waals surface area contributed by atoms with Gasteiger partial charge in [0.2, 0.25) is 22.0 Å². The maximum absolute atomic E-state index is 12.2. The number of hydrogen-bond donors (Lipinski definition) is 20. The molecule has 0 unspecified atom stereocenters. The van der Waals surface area contributed by atoms with E-state index in [9.17, 15) is 91.7 Å². The fourth-order valence-electron chi connectivity index (χ4n) is 10.6. The van der Waals surface area contributed by atoms with Crippen molar-refractivity contribution in [2.75, 3.05) is 27.7 Å². The number of aliphatic carboxylic acids is 7. The lowest BCUT2D eigenvalue weighted by Gasteiger charge is -2.19. The fraction of sp³-hybridized carbons (Fsp3) is 0.317. The summed E-state index contributed by atoms with van der Waals surface area (Å²) in [7, 11) is 6.73. The van der Waals surface area contributed by atoms with Crippen LogP contribution in [-0.2, 0) is 119 Å². The Morgan fingerprint density at radius 3 is 0.985 bits per heavy atom. The van der Waals surface area contributed by atoms with Gasteiger partial charge in [-0.25, -0.2) is 49.3 Å². The largest absolute Gasteiger partial charge is 0.480 e. The minimum Gasteiger partial charge on any atom is -0.480 e. The van der Waals surface area contributed by atoms with Gasteiger partial charge in [0, 0.05) is 123 Å². The number of nitrogens with two attached hydrogens (primary N) is 3. The highest BCUT2D eigenvalue weighted by atomic mass is 32.2. The molecule has 0 radical (unpaired) electrons. The summed E-state index contributed by atoms with van der Waals surface area (Å²) in [6.45, 7) is 8.46. The molecule has 46 nitrogen and oxygen atoms in total. The maximum Gasteiger partial charge on any atom is 0.326 e. The first kappa shape index (κ1) is 114. The van der Waals surface area contributed by atoms with Crippen molar-refractivity contribution in [3.05, 3.63) is 192 Å². The van der Waals surface area contributed by atoms with E-state index >= 15 is 0 Å². The highest BCUT2D eigenvalue weighted by Crippen LogP contribution is 2.30. The number of imidazole rings is 7. The van der Waals surface area contributed by atoms with Crippen molar-refractivity contribution in [3.8, 4) is 0 Å². The van der Waals surface area contributed by atoms with Crippen LogP contribution in [-0.4, -0.2) is 275 Å². The van der Waals surface area contributed by atoms with Gasteiger partial charge in [-0.05, 0) is 116 Å². The number of H-pyrrole nitrogens is 6. The molecule has 0 aliphatic rings. The minimum absolute atomic E-state index is 0.00349. The molecular formula is C82H100N22O24S7. The monoisotopic (exact) mass is 2000 g/mol. The Morgan fingerprint density at radius 2 is 0.681 bits per heavy atom. The van der Waals surface area contributed by atoms with Gasteiger partial charge in [-0.15, -0.1) is 0 Å². The molecule has 23 N–H and O–H groups in total. The Morgan fingerprint density at radius 1 is 0.378 bits per heavy atom. The van der Waals surface area contributed by atoms with Crippen molar-refractivity contribution in [2.45, 2.75) is 170 Å². The first-order valence-electron chi connectivity index (χ1n) is 39.5. The average molecular weight is 2000 g/mol. The Balaban J connectivity index is 0.000000330. The zero-order valence-electron chi connectivity index (χ0n) is 73.8. The van der Waals surface area contributed by atoms with Crippen LogP contribution in [0.4, 0.5) is 0 Å². The Kier molecular flexibility index (Phi) is 50.2. The number of hydrogen-bond acceptors (Lipinski definition) is 36. The number of thioether (sulfide) groups is 7. The van der Waals surface area contributed by atoms with Gasteiger partial charge < -0.3 is 109 Å². The van der Waals surface area contributed by atoms with Crippen molar-refractivity contribution in [1.29, 1.82) is 0 Å². The molecular weight excluding hydrogens is 1900 g/mol. The molecule has 53 heteroatoms. The number of nitrogens with one attached hydrogen (secondary N) is 10. The molecule has 135 heavy (non-hydrogen) atoms. The topological polar surface area (TPSA) is 751 Å². The van der Waals surface area contributed by atoms with Crippen LogP contribution in [0.15, 0.2) is 170 Å². The van der Waals surface area contributed by atoms with Gasteiger partial charge >= 0.3 is 41.8 Å². The lowest BCUT2D eigenvalue weighted by atomic mass is 10.1. The normalized spacial score (nSPS) is 12.1.